The molecular formula is C31H32N4O. The Bertz CT molecular complexity index is 1470. The van der Waals surface area contributed by atoms with E-state index in [0.717, 1.165) is 34.1 Å². The van der Waals surface area contributed by atoms with E-state index >= 15 is 0 Å². The summed E-state index contributed by atoms with van der Waals surface area (Å²) < 4.78 is 10.4. The van der Waals surface area contributed by atoms with Crippen molar-refractivity contribution in [3.05, 3.63) is 103 Å². The fourth-order valence-corrected chi connectivity index (χ4v) is 4.60. The molecule has 5 aromatic rings. The van der Waals surface area contributed by atoms with Crippen molar-refractivity contribution in [2.45, 2.75) is 39.5 Å². The standard InChI is InChI=1S/C31H32N4O/c1-21(2)27-13-8-14-28(22(3)4)30(27)35-19-29(33-20-35)23-9-6-11-25(17-23)36-26-12-7-10-24(18-26)31-32-15-16-34(31)5/h6-22H,1-5H3. The average Bonchev–Trinajstić information content (AvgIpc) is 3.53. The van der Waals surface area contributed by atoms with Crippen LogP contribution >= 0.6 is 0 Å². The normalized spacial score (nSPS) is 11.4. The van der Waals surface area contributed by atoms with Crippen LogP contribution in [-0.2, 0) is 7.05 Å². The number of para-hydroxylation sites is 1. The van der Waals surface area contributed by atoms with Crippen LogP contribution in [-0.4, -0.2) is 19.1 Å². The van der Waals surface area contributed by atoms with Crippen molar-refractivity contribution in [1.29, 1.82) is 0 Å². The molecule has 0 saturated carbocycles. The number of hydrogen-bond donors (Lipinski definition) is 0. The average molecular weight is 477 g/mol. The molecule has 5 nitrogen and oxygen atoms in total. The first-order chi connectivity index (χ1) is 17.4. The summed E-state index contributed by atoms with van der Waals surface area (Å²) in [6, 6.07) is 22.7. The highest BCUT2D eigenvalue weighted by atomic mass is 16.5. The molecule has 2 aromatic heterocycles. The van der Waals surface area contributed by atoms with E-state index < -0.39 is 0 Å². The summed E-state index contributed by atoms with van der Waals surface area (Å²) in [7, 11) is 1.99. The van der Waals surface area contributed by atoms with E-state index in [-0.39, 0.29) is 0 Å². The van der Waals surface area contributed by atoms with Gasteiger partial charge in [0.2, 0.25) is 0 Å². The molecule has 36 heavy (non-hydrogen) atoms. The van der Waals surface area contributed by atoms with Gasteiger partial charge in [-0.1, -0.05) is 70.2 Å². The number of rotatable bonds is 7. The van der Waals surface area contributed by atoms with Crippen molar-refractivity contribution >= 4 is 0 Å². The van der Waals surface area contributed by atoms with Crippen LogP contribution in [0.1, 0.15) is 50.7 Å². The topological polar surface area (TPSA) is 44.9 Å². The van der Waals surface area contributed by atoms with Gasteiger partial charge in [0.05, 0.1) is 17.7 Å². The van der Waals surface area contributed by atoms with Gasteiger partial charge in [0.1, 0.15) is 17.3 Å². The Morgan fingerprint density at radius 1 is 0.750 bits per heavy atom. The highest BCUT2D eigenvalue weighted by Gasteiger charge is 2.16. The van der Waals surface area contributed by atoms with Gasteiger partial charge in [0.15, 0.2) is 0 Å². The molecule has 0 spiro atoms. The zero-order valence-corrected chi connectivity index (χ0v) is 21.5. The van der Waals surface area contributed by atoms with Gasteiger partial charge < -0.3 is 13.9 Å². The third kappa shape index (κ3) is 4.69. The third-order valence-corrected chi connectivity index (χ3v) is 6.46. The zero-order chi connectivity index (χ0) is 25.2. The van der Waals surface area contributed by atoms with Gasteiger partial charge in [-0.3, -0.25) is 0 Å². The molecule has 0 fully saturated rings. The first kappa shape index (κ1) is 23.6. The summed E-state index contributed by atoms with van der Waals surface area (Å²) in [6.07, 6.45) is 7.78. The second kappa shape index (κ2) is 9.86. The van der Waals surface area contributed by atoms with E-state index in [4.69, 9.17) is 9.72 Å². The van der Waals surface area contributed by atoms with Crippen LogP contribution in [0.25, 0.3) is 28.3 Å². The fourth-order valence-electron chi connectivity index (χ4n) is 4.60. The monoisotopic (exact) mass is 476 g/mol. The van der Waals surface area contributed by atoms with Gasteiger partial charge >= 0.3 is 0 Å². The lowest BCUT2D eigenvalue weighted by molar-refractivity contribution is 0.483. The molecule has 0 saturated heterocycles. The summed E-state index contributed by atoms with van der Waals surface area (Å²) in [6.45, 7) is 8.96. The van der Waals surface area contributed by atoms with Crippen molar-refractivity contribution in [3.8, 4) is 39.8 Å². The van der Waals surface area contributed by atoms with Crippen LogP contribution in [0.15, 0.2) is 91.6 Å². The summed E-state index contributed by atoms with van der Waals surface area (Å²) >= 11 is 0. The summed E-state index contributed by atoms with van der Waals surface area (Å²) in [5, 5.41) is 0. The van der Waals surface area contributed by atoms with Crippen LogP contribution in [0.5, 0.6) is 11.5 Å². The lowest BCUT2D eigenvalue weighted by Gasteiger charge is -2.20. The largest absolute Gasteiger partial charge is 0.457 e. The predicted octanol–water partition coefficient (Wildman–Crippen LogP) is 7.98. The number of aromatic nitrogens is 4. The lowest BCUT2D eigenvalue weighted by Crippen LogP contribution is -2.05. The Labute approximate surface area is 213 Å². The minimum Gasteiger partial charge on any atom is -0.457 e. The quantitative estimate of drug-likeness (QED) is 0.239. The van der Waals surface area contributed by atoms with Gasteiger partial charge in [-0.25, -0.2) is 9.97 Å². The Morgan fingerprint density at radius 3 is 1.97 bits per heavy atom. The van der Waals surface area contributed by atoms with Crippen LogP contribution in [0, 0.1) is 0 Å². The smallest absolute Gasteiger partial charge is 0.139 e. The van der Waals surface area contributed by atoms with Gasteiger partial charge in [-0.15, -0.1) is 0 Å². The maximum Gasteiger partial charge on any atom is 0.139 e. The minimum absolute atomic E-state index is 0.419. The Kier molecular flexibility index (Phi) is 6.47. The molecule has 5 rings (SSSR count). The van der Waals surface area contributed by atoms with Gasteiger partial charge in [-0.05, 0) is 47.2 Å². The van der Waals surface area contributed by atoms with Gasteiger partial charge in [0, 0.05) is 36.8 Å². The van der Waals surface area contributed by atoms with Crippen LogP contribution in [0.2, 0.25) is 0 Å². The maximum atomic E-state index is 6.24. The van der Waals surface area contributed by atoms with Gasteiger partial charge in [-0.2, -0.15) is 0 Å². The number of ether oxygens (including phenoxy) is 1. The molecule has 182 valence electrons. The van der Waals surface area contributed by atoms with Crippen molar-refractivity contribution in [1.82, 2.24) is 19.1 Å². The van der Waals surface area contributed by atoms with Gasteiger partial charge in [0.25, 0.3) is 0 Å². The third-order valence-electron chi connectivity index (χ3n) is 6.46. The molecule has 0 atom stereocenters. The van der Waals surface area contributed by atoms with Crippen LogP contribution < -0.4 is 4.74 Å². The molecule has 5 heteroatoms. The molecule has 0 N–H and O–H groups in total. The first-order valence-corrected chi connectivity index (χ1v) is 12.4. The molecule has 0 radical (unpaired) electrons. The number of benzene rings is 3. The van der Waals surface area contributed by atoms with E-state index in [1.165, 1.54) is 16.8 Å². The predicted molar refractivity (Wildman–Crippen MR) is 146 cm³/mol. The second-order valence-electron chi connectivity index (χ2n) is 9.78. The number of hydrogen-bond acceptors (Lipinski definition) is 3. The highest BCUT2D eigenvalue weighted by Crippen LogP contribution is 2.33. The number of nitrogens with zero attached hydrogens (tertiary/aromatic N) is 4. The van der Waals surface area contributed by atoms with Crippen molar-refractivity contribution in [2.75, 3.05) is 0 Å². The Hall–Kier alpha value is -4.12. The Balaban J connectivity index is 1.45. The molecule has 0 unspecified atom stereocenters. The highest BCUT2D eigenvalue weighted by molar-refractivity contribution is 5.63. The SMILES string of the molecule is CC(C)c1cccc(C(C)C)c1-n1cnc(-c2cccc(Oc3cccc(-c4nccn4C)c3)c2)c1. The lowest BCUT2D eigenvalue weighted by atomic mass is 9.92. The minimum atomic E-state index is 0.419. The second-order valence-corrected chi connectivity index (χ2v) is 9.78. The Morgan fingerprint density at radius 2 is 1.36 bits per heavy atom. The number of aryl methyl sites for hydroxylation is 1. The van der Waals surface area contributed by atoms with Crippen molar-refractivity contribution < 1.29 is 4.74 Å². The molecule has 0 aliphatic heterocycles. The molecule has 0 aliphatic carbocycles. The molecule has 0 amide bonds. The van der Waals surface area contributed by atoms with Crippen molar-refractivity contribution in [3.63, 3.8) is 0 Å². The fraction of sp³-hybridized carbons (Fsp3) is 0.226. The van der Waals surface area contributed by atoms with E-state index in [9.17, 15) is 0 Å². The molecule has 0 aliphatic rings. The van der Waals surface area contributed by atoms with Crippen molar-refractivity contribution in [2.24, 2.45) is 7.05 Å². The summed E-state index contributed by atoms with van der Waals surface area (Å²) in [5.41, 5.74) is 6.83. The molecule has 2 heterocycles. The number of imidazole rings is 2. The molecule has 3 aromatic carbocycles. The van der Waals surface area contributed by atoms with Crippen LogP contribution in [0.3, 0.4) is 0 Å². The molecule has 0 bridgehead atoms. The maximum absolute atomic E-state index is 6.24. The first-order valence-electron chi connectivity index (χ1n) is 12.4. The van der Waals surface area contributed by atoms with E-state index in [0.29, 0.717) is 11.8 Å². The summed E-state index contributed by atoms with van der Waals surface area (Å²) in [5.74, 6) is 3.28. The molecular weight excluding hydrogens is 444 g/mol. The van der Waals surface area contributed by atoms with E-state index in [1.807, 2.05) is 66.6 Å². The van der Waals surface area contributed by atoms with E-state index in [2.05, 4.69) is 67.7 Å². The summed E-state index contributed by atoms with van der Waals surface area (Å²) in [4.78, 5) is 9.21. The van der Waals surface area contributed by atoms with E-state index in [1.54, 1.807) is 6.20 Å². The van der Waals surface area contributed by atoms with Crippen LogP contribution in [0.4, 0.5) is 0 Å². The zero-order valence-electron chi connectivity index (χ0n) is 21.5.